The number of rotatable bonds is 9. The normalized spacial score (nSPS) is 10.2. The number of carbonyl (C=O) groups is 2. The van der Waals surface area contributed by atoms with Crippen molar-refractivity contribution in [3.63, 3.8) is 0 Å². The van der Waals surface area contributed by atoms with E-state index >= 15 is 0 Å². The van der Waals surface area contributed by atoms with Gasteiger partial charge in [-0.25, -0.2) is 4.79 Å². The molecule has 0 aliphatic heterocycles. The van der Waals surface area contributed by atoms with Crippen molar-refractivity contribution in [2.45, 2.75) is 0 Å². The minimum absolute atomic E-state index is 0.242. The maximum atomic E-state index is 12.4. The molecule has 0 saturated heterocycles. The highest BCUT2D eigenvalue weighted by molar-refractivity contribution is 9.10. The molecule has 30 heavy (non-hydrogen) atoms. The van der Waals surface area contributed by atoms with Gasteiger partial charge in [0.1, 0.15) is 30.3 Å². The van der Waals surface area contributed by atoms with E-state index in [0.29, 0.717) is 18.0 Å². The molecule has 0 unspecified atom stereocenters. The third kappa shape index (κ3) is 6.35. The Kier molecular flexibility index (Phi) is 7.86. The molecule has 0 aromatic heterocycles. The summed E-state index contributed by atoms with van der Waals surface area (Å²) in [4.78, 5) is 24.5. The van der Waals surface area contributed by atoms with E-state index in [-0.39, 0.29) is 12.2 Å². The first-order valence-corrected chi connectivity index (χ1v) is 10.0. The summed E-state index contributed by atoms with van der Waals surface area (Å²) in [5.74, 6) is 0.0250. The van der Waals surface area contributed by atoms with Crippen LogP contribution in [0, 0.1) is 0 Å². The highest BCUT2D eigenvalue weighted by Crippen LogP contribution is 2.22. The van der Waals surface area contributed by atoms with Crippen LogP contribution >= 0.6 is 15.9 Å². The lowest BCUT2D eigenvalue weighted by molar-refractivity contribution is -0.119. The van der Waals surface area contributed by atoms with Crippen molar-refractivity contribution < 1.29 is 23.8 Å². The lowest BCUT2D eigenvalue weighted by Crippen LogP contribution is -2.21. The Morgan fingerprint density at radius 2 is 1.47 bits per heavy atom. The van der Waals surface area contributed by atoms with Gasteiger partial charge in [-0.1, -0.05) is 42.5 Å². The van der Waals surface area contributed by atoms with E-state index in [4.69, 9.17) is 14.2 Å². The van der Waals surface area contributed by atoms with Crippen LogP contribution in [0.5, 0.6) is 11.5 Å². The van der Waals surface area contributed by atoms with Gasteiger partial charge in [-0.3, -0.25) is 4.79 Å². The van der Waals surface area contributed by atoms with Gasteiger partial charge in [-0.2, -0.15) is 0 Å². The van der Waals surface area contributed by atoms with E-state index in [1.807, 2.05) is 36.4 Å². The van der Waals surface area contributed by atoms with Gasteiger partial charge in [0, 0.05) is 4.47 Å². The van der Waals surface area contributed by atoms with Gasteiger partial charge in [0.05, 0.1) is 5.69 Å². The van der Waals surface area contributed by atoms with Crippen LogP contribution in [0.3, 0.4) is 0 Å². The number of halogens is 1. The molecule has 7 heteroatoms. The molecule has 0 bridgehead atoms. The maximum Gasteiger partial charge on any atom is 0.342 e. The molecule has 0 atom stereocenters. The number of para-hydroxylation sites is 3. The van der Waals surface area contributed by atoms with Crippen LogP contribution < -0.4 is 14.8 Å². The van der Waals surface area contributed by atoms with Crippen molar-refractivity contribution in [2.24, 2.45) is 0 Å². The standard InChI is InChI=1S/C23H20BrNO5/c24-19-11-5-6-12-20(19)25-22(26)16-30-23(27)18-10-4-7-13-21(18)29-15-14-28-17-8-2-1-3-9-17/h1-13H,14-16H2,(H,25,26). The van der Waals surface area contributed by atoms with Crippen LogP contribution in [-0.2, 0) is 9.53 Å². The van der Waals surface area contributed by atoms with Crippen molar-refractivity contribution in [3.05, 3.63) is 88.9 Å². The van der Waals surface area contributed by atoms with Crippen molar-refractivity contribution in [2.75, 3.05) is 25.1 Å². The second kappa shape index (κ2) is 11.0. The Hall–Kier alpha value is -3.32. The van der Waals surface area contributed by atoms with E-state index in [1.165, 1.54) is 0 Å². The molecular weight excluding hydrogens is 450 g/mol. The Labute approximate surface area is 182 Å². The second-order valence-electron chi connectivity index (χ2n) is 6.11. The van der Waals surface area contributed by atoms with E-state index < -0.39 is 18.5 Å². The van der Waals surface area contributed by atoms with Crippen LogP contribution in [0.25, 0.3) is 0 Å². The first-order valence-electron chi connectivity index (χ1n) is 9.24. The smallest absolute Gasteiger partial charge is 0.342 e. The minimum Gasteiger partial charge on any atom is -0.490 e. The third-order valence-corrected chi connectivity index (χ3v) is 4.63. The van der Waals surface area contributed by atoms with Crippen LogP contribution in [-0.4, -0.2) is 31.7 Å². The molecule has 0 spiro atoms. The highest BCUT2D eigenvalue weighted by atomic mass is 79.9. The molecule has 154 valence electrons. The van der Waals surface area contributed by atoms with Crippen LogP contribution in [0.15, 0.2) is 83.3 Å². The largest absolute Gasteiger partial charge is 0.490 e. The van der Waals surface area contributed by atoms with Gasteiger partial charge in [0.2, 0.25) is 0 Å². The van der Waals surface area contributed by atoms with Crippen LogP contribution in [0.1, 0.15) is 10.4 Å². The van der Waals surface area contributed by atoms with Crippen molar-refractivity contribution in [3.8, 4) is 11.5 Å². The average Bonchev–Trinajstić information content (AvgIpc) is 2.78. The monoisotopic (exact) mass is 469 g/mol. The summed E-state index contributed by atoms with van der Waals surface area (Å²) >= 11 is 3.35. The minimum atomic E-state index is -0.642. The number of esters is 1. The number of anilines is 1. The predicted octanol–water partition coefficient (Wildman–Crippen LogP) is 4.70. The molecule has 1 N–H and O–H groups in total. The zero-order chi connectivity index (χ0) is 21.2. The Morgan fingerprint density at radius 3 is 2.27 bits per heavy atom. The van der Waals surface area contributed by atoms with E-state index in [2.05, 4.69) is 21.2 Å². The number of amides is 1. The Bertz CT molecular complexity index is 994. The lowest BCUT2D eigenvalue weighted by Gasteiger charge is -2.12. The fourth-order valence-corrected chi connectivity index (χ4v) is 2.93. The summed E-state index contributed by atoms with van der Waals surface area (Å²) < 4.78 is 17.1. The van der Waals surface area contributed by atoms with Crippen molar-refractivity contribution in [1.82, 2.24) is 0 Å². The van der Waals surface area contributed by atoms with Gasteiger partial charge in [-0.15, -0.1) is 0 Å². The molecule has 0 radical (unpaired) electrons. The second-order valence-corrected chi connectivity index (χ2v) is 6.96. The summed E-state index contributed by atoms with van der Waals surface area (Å²) in [7, 11) is 0. The molecule has 3 aromatic carbocycles. The molecule has 1 amide bonds. The quantitative estimate of drug-likeness (QED) is 0.363. The third-order valence-electron chi connectivity index (χ3n) is 3.94. The number of carbonyl (C=O) groups excluding carboxylic acids is 2. The van der Waals surface area contributed by atoms with E-state index in [9.17, 15) is 9.59 Å². The predicted molar refractivity (Wildman–Crippen MR) is 117 cm³/mol. The van der Waals surface area contributed by atoms with Crippen molar-refractivity contribution >= 4 is 33.5 Å². The van der Waals surface area contributed by atoms with Crippen molar-refractivity contribution in [1.29, 1.82) is 0 Å². The summed E-state index contributed by atoms with van der Waals surface area (Å²) in [6, 6.07) is 23.3. The first-order chi connectivity index (χ1) is 14.6. The average molecular weight is 470 g/mol. The van der Waals surface area contributed by atoms with Gasteiger partial charge in [-0.05, 0) is 52.3 Å². The van der Waals surface area contributed by atoms with Gasteiger partial charge < -0.3 is 19.5 Å². The SMILES string of the molecule is O=C(COC(=O)c1ccccc1OCCOc1ccccc1)Nc1ccccc1Br. The highest BCUT2D eigenvalue weighted by Gasteiger charge is 2.16. The molecule has 3 rings (SSSR count). The number of hydrogen-bond acceptors (Lipinski definition) is 5. The number of benzene rings is 3. The van der Waals surface area contributed by atoms with Crippen LogP contribution in [0.2, 0.25) is 0 Å². The summed E-state index contributed by atoms with van der Waals surface area (Å²) in [6.07, 6.45) is 0. The fourth-order valence-electron chi connectivity index (χ4n) is 2.55. The summed E-state index contributed by atoms with van der Waals surface area (Å²) in [5.41, 5.74) is 0.839. The first kappa shape index (κ1) is 21.4. The maximum absolute atomic E-state index is 12.4. The lowest BCUT2D eigenvalue weighted by atomic mass is 10.2. The van der Waals surface area contributed by atoms with E-state index in [1.54, 1.807) is 42.5 Å². The molecular formula is C23H20BrNO5. The number of ether oxygens (including phenoxy) is 3. The van der Waals surface area contributed by atoms with Gasteiger partial charge in [0.25, 0.3) is 5.91 Å². The Morgan fingerprint density at radius 1 is 0.800 bits per heavy atom. The topological polar surface area (TPSA) is 73.9 Å². The summed E-state index contributed by atoms with van der Waals surface area (Å²) in [5, 5.41) is 2.68. The zero-order valence-electron chi connectivity index (χ0n) is 16.0. The Balaban J connectivity index is 1.49. The molecule has 6 nitrogen and oxygen atoms in total. The van der Waals surface area contributed by atoms with Gasteiger partial charge >= 0.3 is 5.97 Å². The van der Waals surface area contributed by atoms with Crippen LogP contribution in [0.4, 0.5) is 5.69 Å². The molecule has 0 heterocycles. The van der Waals surface area contributed by atoms with E-state index in [0.717, 1.165) is 10.2 Å². The molecule has 0 fully saturated rings. The molecule has 0 aliphatic rings. The molecule has 3 aromatic rings. The molecule has 0 aliphatic carbocycles. The van der Waals surface area contributed by atoms with Gasteiger partial charge in [0.15, 0.2) is 6.61 Å². The number of hydrogen-bond donors (Lipinski definition) is 1. The summed E-state index contributed by atoms with van der Waals surface area (Å²) in [6.45, 7) is 0.162. The number of nitrogens with one attached hydrogen (secondary N) is 1. The fraction of sp³-hybridized carbons (Fsp3) is 0.130. The molecule has 0 saturated carbocycles. The zero-order valence-corrected chi connectivity index (χ0v) is 17.6.